The molecule has 1 fully saturated rings. The van der Waals surface area contributed by atoms with E-state index in [2.05, 4.69) is 20.8 Å². The smallest absolute Gasteiger partial charge is 0.168 e. The van der Waals surface area contributed by atoms with Crippen molar-refractivity contribution in [1.29, 1.82) is 0 Å². The summed E-state index contributed by atoms with van der Waals surface area (Å²) in [7, 11) is 0. The number of ether oxygens (including phenoxy) is 2. The van der Waals surface area contributed by atoms with E-state index in [1.54, 1.807) is 0 Å². The number of hydrogen-bond donors (Lipinski definition) is 0. The molecule has 1 heterocycles. The van der Waals surface area contributed by atoms with Crippen molar-refractivity contribution < 1.29 is 9.47 Å². The third kappa shape index (κ3) is 2.96. The molecular formula is C11H22O2. The molecule has 78 valence electrons. The predicted octanol–water partition coefficient (Wildman–Crippen LogP) is 3.11. The molecule has 0 aromatic heterocycles. The maximum Gasteiger partial charge on any atom is 0.168 e. The summed E-state index contributed by atoms with van der Waals surface area (Å²) in [6.45, 7) is 7.37. The van der Waals surface area contributed by atoms with Crippen LogP contribution in [0.4, 0.5) is 0 Å². The van der Waals surface area contributed by atoms with Gasteiger partial charge in [-0.3, -0.25) is 0 Å². The van der Waals surface area contributed by atoms with E-state index in [0.29, 0.717) is 6.10 Å². The van der Waals surface area contributed by atoms with E-state index >= 15 is 0 Å². The van der Waals surface area contributed by atoms with Crippen molar-refractivity contribution in [2.24, 2.45) is 0 Å². The molecule has 13 heavy (non-hydrogen) atoms. The van der Waals surface area contributed by atoms with E-state index in [1.807, 2.05) is 0 Å². The van der Waals surface area contributed by atoms with Crippen LogP contribution in [-0.4, -0.2) is 18.5 Å². The van der Waals surface area contributed by atoms with Crippen LogP contribution >= 0.6 is 0 Å². The summed E-state index contributed by atoms with van der Waals surface area (Å²) in [5.41, 5.74) is 0. The van der Waals surface area contributed by atoms with Crippen LogP contribution in [0.1, 0.15) is 52.9 Å². The highest BCUT2D eigenvalue weighted by molar-refractivity contribution is 4.74. The number of hydrogen-bond acceptors (Lipinski definition) is 2. The molecule has 0 N–H and O–H groups in total. The molecule has 0 aromatic carbocycles. The summed E-state index contributed by atoms with van der Waals surface area (Å²) < 4.78 is 11.7. The minimum Gasteiger partial charge on any atom is -0.350 e. The maximum atomic E-state index is 5.93. The van der Waals surface area contributed by atoms with E-state index in [0.717, 1.165) is 38.7 Å². The average molecular weight is 186 g/mol. The molecule has 0 bridgehead atoms. The van der Waals surface area contributed by atoms with Crippen LogP contribution in [0, 0.1) is 0 Å². The van der Waals surface area contributed by atoms with Crippen LogP contribution in [0.15, 0.2) is 0 Å². The Balaban J connectivity index is 2.53. The summed E-state index contributed by atoms with van der Waals surface area (Å²) >= 11 is 0. The number of rotatable bonds is 4. The fourth-order valence-electron chi connectivity index (χ4n) is 2.02. The molecule has 2 heteroatoms. The third-order valence-corrected chi connectivity index (χ3v) is 2.57. The lowest BCUT2D eigenvalue weighted by molar-refractivity contribution is -0.296. The second kappa shape index (κ2) is 4.97. The van der Waals surface area contributed by atoms with Gasteiger partial charge in [0.2, 0.25) is 0 Å². The zero-order valence-electron chi connectivity index (χ0n) is 9.14. The molecule has 1 aliphatic heterocycles. The first-order valence-corrected chi connectivity index (χ1v) is 5.54. The van der Waals surface area contributed by atoms with Crippen LogP contribution < -0.4 is 0 Å². The van der Waals surface area contributed by atoms with Crippen molar-refractivity contribution >= 4 is 0 Å². The summed E-state index contributed by atoms with van der Waals surface area (Å²) in [6.07, 6.45) is 5.73. The highest BCUT2D eigenvalue weighted by atomic mass is 16.7. The van der Waals surface area contributed by atoms with Gasteiger partial charge < -0.3 is 9.47 Å². The van der Waals surface area contributed by atoms with Gasteiger partial charge in [0.15, 0.2) is 5.79 Å². The Kier molecular flexibility index (Phi) is 4.20. The van der Waals surface area contributed by atoms with Crippen LogP contribution in [0.2, 0.25) is 0 Å². The fraction of sp³-hybridized carbons (Fsp3) is 1.00. The van der Waals surface area contributed by atoms with Crippen LogP contribution in [0.5, 0.6) is 0 Å². The van der Waals surface area contributed by atoms with Gasteiger partial charge >= 0.3 is 0 Å². The molecule has 0 aromatic rings. The molecule has 0 radical (unpaired) electrons. The Bertz CT molecular complexity index is 134. The topological polar surface area (TPSA) is 18.5 Å². The summed E-state index contributed by atoms with van der Waals surface area (Å²) in [5.74, 6) is -0.249. The molecule has 2 nitrogen and oxygen atoms in total. The molecule has 1 rings (SSSR count). The van der Waals surface area contributed by atoms with Crippen molar-refractivity contribution in [2.75, 3.05) is 6.61 Å². The molecule has 0 saturated carbocycles. The van der Waals surface area contributed by atoms with Gasteiger partial charge in [-0.25, -0.2) is 0 Å². The second-order valence-electron chi connectivity index (χ2n) is 3.98. The Labute approximate surface area is 81.6 Å². The summed E-state index contributed by atoms with van der Waals surface area (Å²) in [4.78, 5) is 0. The van der Waals surface area contributed by atoms with Gasteiger partial charge in [-0.05, 0) is 13.3 Å². The van der Waals surface area contributed by atoms with E-state index < -0.39 is 0 Å². The quantitative estimate of drug-likeness (QED) is 0.671. The molecule has 1 atom stereocenters. The Morgan fingerprint density at radius 2 is 1.85 bits per heavy atom. The predicted molar refractivity (Wildman–Crippen MR) is 53.7 cm³/mol. The highest BCUT2D eigenvalue weighted by Crippen LogP contribution is 2.31. The van der Waals surface area contributed by atoms with Crippen molar-refractivity contribution in [1.82, 2.24) is 0 Å². The van der Waals surface area contributed by atoms with Crippen molar-refractivity contribution in [3.05, 3.63) is 0 Å². The first-order chi connectivity index (χ1) is 6.22. The van der Waals surface area contributed by atoms with Gasteiger partial charge in [0.25, 0.3) is 0 Å². The largest absolute Gasteiger partial charge is 0.350 e. The first kappa shape index (κ1) is 11.0. The molecule has 0 spiro atoms. The molecule has 0 aliphatic carbocycles. The monoisotopic (exact) mass is 186 g/mol. The summed E-state index contributed by atoms with van der Waals surface area (Å²) in [6, 6.07) is 0. The molecule has 1 unspecified atom stereocenters. The normalized spacial score (nSPS) is 27.5. The SMILES string of the molecule is CCCC1(CCC)OCCC(C)O1. The fourth-order valence-corrected chi connectivity index (χ4v) is 2.02. The van der Waals surface area contributed by atoms with Gasteiger partial charge in [0.05, 0.1) is 12.7 Å². The van der Waals surface area contributed by atoms with Crippen molar-refractivity contribution in [3.63, 3.8) is 0 Å². The minimum atomic E-state index is -0.249. The van der Waals surface area contributed by atoms with Gasteiger partial charge in [0, 0.05) is 12.8 Å². The molecule has 1 aliphatic rings. The van der Waals surface area contributed by atoms with Gasteiger partial charge in [0.1, 0.15) is 0 Å². The first-order valence-electron chi connectivity index (χ1n) is 5.54. The van der Waals surface area contributed by atoms with Crippen LogP contribution in [-0.2, 0) is 9.47 Å². The maximum absolute atomic E-state index is 5.93. The van der Waals surface area contributed by atoms with Gasteiger partial charge in [-0.2, -0.15) is 0 Å². The Morgan fingerprint density at radius 1 is 1.23 bits per heavy atom. The average Bonchev–Trinajstić information content (AvgIpc) is 2.04. The standard InChI is InChI=1S/C11H22O2/c1-4-7-11(8-5-2)12-9-6-10(3)13-11/h10H,4-9H2,1-3H3. The van der Waals surface area contributed by atoms with E-state index in [1.165, 1.54) is 0 Å². The zero-order valence-corrected chi connectivity index (χ0v) is 9.14. The molecule has 1 saturated heterocycles. The molecular weight excluding hydrogens is 164 g/mol. The van der Waals surface area contributed by atoms with E-state index in [9.17, 15) is 0 Å². The van der Waals surface area contributed by atoms with Gasteiger partial charge in [-0.15, -0.1) is 0 Å². The lowest BCUT2D eigenvalue weighted by atomic mass is 10.0. The Morgan fingerprint density at radius 3 is 2.31 bits per heavy atom. The van der Waals surface area contributed by atoms with Crippen molar-refractivity contribution in [2.45, 2.75) is 64.8 Å². The van der Waals surface area contributed by atoms with Crippen molar-refractivity contribution in [3.8, 4) is 0 Å². The van der Waals surface area contributed by atoms with E-state index in [-0.39, 0.29) is 5.79 Å². The summed E-state index contributed by atoms with van der Waals surface area (Å²) in [5, 5.41) is 0. The van der Waals surface area contributed by atoms with E-state index in [4.69, 9.17) is 9.47 Å². The second-order valence-corrected chi connectivity index (χ2v) is 3.98. The lowest BCUT2D eigenvalue weighted by Crippen LogP contribution is -2.43. The highest BCUT2D eigenvalue weighted by Gasteiger charge is 2.35. The van der Waals surface area contributed by atoms with Gasteiger partial charge in [-0.1, -0.05) is 26.7 Å². The molecule has 0 amide bonds. The minimum absolute atomic E-state index is 0.249. The lowest BCUT2D eigenvalue weighted by Gasteiger charge is -2.40. The zero-order chi connectivity index (χ0) is 9.73. The Hall–Kier alpha value is -0.0800. The van der Waals surface area contributed by atoms with Crippen LogP contribution in [0.25, 0.3) is 0 Å². The van der Waals surface area contributed by atoms with Crippen LogP contribution in [0.3, 0.4) is 0 Å². The third-order valence-electron chi connectivity index (χ3n) is 2.57.